The van der Waals surface area contributed by atoms with Crippen molar-refractivity contribution in [2.75, 3.05) is 31.1 Å². The van der Waals surface area contributed by atoms with Gasteiger partial charge in [0, 0.05) is 31.1 Å². The number of carbonyl (C=O) groups excluding carboxylic acids is 1. The van der Waals surface area contributed by atoms with Crippen LogP contribution in [0.3, 0.4) is 0 Å². The van der Waals surface area contributed by atoms with Crippen LogP contribution < -0.4 is 5.32 Å². The summed E-state index contributed by atoms with van der Waals surface area (Å²) in [7, 11) is 0. The molecule has 0 radical (unpaired) electrons. The first-order valence-corrected chi connectivity index (χ1v) is 6.86. The van der Waals surface area contributed by atoms with Crippen molar-refractivity contribution in [3.63, 3.8) is 0 Å². The van der Waals surface area contributed by atoms with Crippen LogP contribution in [0.25, 0.3) is 0 Å². The second-order valence-electron chi connectivity index (χ2n) is 4.46. The minimum atomic E-state index is 0.0321. The van der Waals surface area contributed by atoms with Gasteiger partial charge in [-0.3, -0.25) is 9.69 Å². The minimum absolute atomic E-state index is 0.0321. The summed E-state index contributed by atoms with van der Waals surface area (Å²) in [4.78, 5) is 14.1. The Morgan fingerprint density at radius 2 is 1.93 bits per heavy atom. The summed E-state index contributed by atoms with van der Waals surface area (Å²) in [5.41, 5.74) is 0. The summed E-state index contributed by atoms with van der Waals surface area (Å²) < 4.78 is 0. The highest BCUT2D eigenvalue weighted by Gasteiger charge is 2.22. The third-order valence-corrected chi connectivity index (χ3v) is 3.60. The Morgan fingerprint density at radius 3 is 2.47 bits per heavy atom. The molecule has 3 nitrogen and oxygen atoms in total. The molecule has 1 rings (SSSR count). The molecular weight excluding hydrogens is 208 g/mol. The first-order chi connectivity index (χ1) is 7.11. The molecule has 0 aromatic heterocycles. The molecule has 1 amide bonds. The molecule has 1 aliphatic rings. The minimum Gasteiger partial charge on any atom is -0.354 e. The Balaban J connectivity index is 2.30. The van der Waals surface area contributed by atoms with Crippen LogP contribution in [0.2, 0.25) is 0 Å². The molecule has 0 bridgehead atoms. The lowest BCUT2D eigenvalue weighted by atomic mass is 10.2. The van der Waals surface area contributed by atoms with Crippen LogP contribution >= 0.6 is 11.8 Å². The van der Waals surface area contributed by atoms with E-state index in [0.29, 0.717) is 5.92 Å². The number of rotatable bonds is 4. The lowest BCUT2D eigenvalue weighted by Crippen LogP contribution is -2.48. The summed E-state index contributed by atoms with van der Waals surface area (Å²) in [6, 6.07) is 0.0321. The van der Waals surface area contributed by atoms with Crippen molar-refractivity contribution in [1.82, 2.24) is 10.2 Å². The second-order valence-corrected chi connectivity index (χ2v) is 5.69. The third kappa shape index (κ3) is 4.43. The third-order valence-electron chi connectivity index (χ3n) is 2.66. The molecule has 88 valence electrons. The van der Waals surface area contributed by atoms with Gasteiger partial charge in [0.1, 0.15) is 0 Å². The number of nitrogens with zero attached hydrogens (tertiary/aromatic N) is 1. The van der Waals surface area contributed by atoms with E-state index >= 15 is 0 Å². The Kier molecular flexibility index (Phi) is 5.47. The fourth-order valence-electron chi connectivity index (χ4n) is 1.58. The maximum absolute atomic E-state index is 11.8. The van der Waals surface area contributed by atoms with Gasteiger partial charge in [-0.2, -0.15) is 11.8 Å². The van der Waals surface area contributed by atoms with E-state index in [-0.39, 0.29) is 11.9 Å². The Bertz CT molecular complexity index is 203. The maximum Gasteiger partial charge on any atom is 0.237 e. The Hall–Kier alpha value is -0.220. The molecule has 4 heteroatoms. The molecule has 0 aromatic rings. The molecule has 0 aromatic carbocycles. The van der Waals surface area contributed by atoms with Crippen molar-refractivity contribution in [3.05, 3.63) is 0 Å². The van der Waals surface area contributed by atoms with E-state index in [4.69, 9.17) is 0 Å². The first kappa shape index (κ1) is 12.8. The summed E-state index contributed by atoms with van der Waals surface area (Å²) in [5.74, 6) is 3.01. The lowest BCUT2D eigenvalue weighted by Gasteiger charge is -2.31. The molecule has 1 fully saturated rings. The average Bonchev–Trinajstić information content (AvgIpc) is 2.26. The second kappa shape index (κ2) is 6.38. The molecule has 0 saturated carbocycles. The highest BCUT2D eigenvalue weighted by molar-refractivity contribution is 7.99. The zero-order valence-electron chi connectivity index (χ0n) is 9.95. The van der Waals surface area contributed by atoms with Gasteiger partial charge in [0.25, 0.3) is 0 Å². The number of amides is 1. The fraction of sp³-hybridized carbons (Fsp3) is 0.909. The van der Waals surface area contributed by atoms with Crippen molar-refractivity contribution in [1.29, 1.82) is 0 Å². The zero-order valence-corrected chi connectivity index (χ0v) is 10.8. The van der Waals surface area contributed by atoms with E-state index in [0.717, 1.165) is 31.1 Å². The molecule has 1 N–H and O–H groups in total. The van der Waals surface area contributed by atoms with E-state index in [1.54, 1.807) is 0 Å². The topological polar surface area (TPSA) is 32.3 Å². The van der Waals surface area contributed by atoms with Crippen LogP contribution in [0.1, 0.15) is 20.8 Å². The highest BCUT2D eigenvalue weighted by Crippen LogP contribution is 2.12. The van der Waals surface area contributed by atoms with E-state index in [9.17, 15) is 4.79 Å². The largest absolute Gasteiger partial charge is 0.354 e. The summed E-state index contributed by atoms with van der Waals surface area (Å²) >= 11 is 1.97. The number of thioether (sulfide) groups is 1. The number of hydrogen-bond donors (Lipinski definition) is 1. The molecule has 1 aliphatic heterocycles. The van der Waals surface area contributed by atoms with Gasteiger partial charge in [0.2, 0.25) is 5.91 Å². The molecule has 0 aliphatic carbocycles. The van der Waals surface area contributed by atoms with Gasteiger partial charge in [-0.1, -0.05) is 13.8 Å². The zero-order chi connectivity index (χ0) is 11.3. The van der Waals surface area contributed by atoms with Crippen LogP contribution in [0.15, 0.2) is 0 Å². The number of nitrogens with one attached hydrogen (secondary N) is 1. The van der Waals surface area contributed by atoms with Gasteiger partial charge >= 0.3 is 0 Å². The van der Waals surface area contributed by atoms with Gasteiger partial charge in [-0.15, -0.1) is 0 Å². The summed E-state index contributed by atoms with van der Waals surface area (Å²) in [6.45, 7) is 9.10. The van der Waals surface area contributed by atoms with Gasteiger partial charge in [-0.25, -0.2) is 0 Å². The lowest BCUT2D eigenvalue weighted by molar-refractivity contribution is -0.125. The molecule has 1 heterocycles. The normalized spacial score (nSPS) is 20.3. The molecule has 15 heavy (non-hydrogen) atoms. The standard InChI is InChI=1S/C11H22N2OS/c1-9(2)8-12-11(14)10(3)13-4-6-15-7-5-13/h9-10H,4-8H2,1-3H3,(H,12,14). The number of carbonyl (C=O) groups is 1. The van der Waals surface area contributed by atoms with E-state index < -0.39 is 0 Å². The fourth-order valence-corrected chi connectivity index (χ4v) is 2.51. The predicted octanol–water partition coefficient (Wildman–Crippen LogP) is 1.20. The average molecular weight is 230 g/mol. The van der Waals surface area contributed by atoms with Gasteiger partial charge < -0.3 is 5.32 Å². The SMILES string of the molecule is CC(C)CNC(=O)C(C)N1CCSCC1. The molecular formula is C11H22N2OS. The van der Waals surface area contributed by atoms with Crippen LogP contribution in [-0.2, 0) is 4.79 Å². The maximum atomic E-state index is 11.8. The van der Waals surface area contributed by atoms with Crippen LogP contribution in [-0.4, -0.2) is 48.0 Å². The van der Waals surface area contributed by atoms with Crippen molar-refractivity contribution in [2.45, 2.75) is 26.8 Å². The monoisotopic (exact) mass is 230 g/mol. The predicted molar refractivity (Wildman–Crippen MR) is 66.2 cm³/mol. The quantitative estimate of drug-likeness (QED) is 0.787. The smallest absolute Gasteiger partial charge is 0.237 e. The van der Waals surface area contributed by atoms with Crippen LogP contribution in [0.5, 0.6) is 0 Å². The van der Waals surface area contributed by atoms with Crippen molar-refractivity contribution < 1.29 is 4.79 Å². The van der Waals surface area contributed by atoms with E-state index in [2.05, 4.69) is 24.1 Å². The van der Waals surface area contributed by atoms with E-state index in [1.807, 2.05) is 18.7 Å². The van der Waals surface area contributed by atoms with Crippen molar-refractivity contribution in [3.8, 4) is 0 Å². The van der Waals surface area contributed by atoms with Crippen LogP contribution in [0.4, 0.5) is 0 Å². The van der Waals surface area contributed by atoms with Crippen molar-refractivity contribution in [2.24, 2.45) is 5.92 Å². The molecule has 0 spiro atoms. The van der Waals surface area contributed by atoms with Gasteiger partial charge in [0.05, 0.1) is 6.04 Å². The first-order valence-electron chi connectivity index (χ1n) is 5.70. The Labute approximate surface area is 97.0 Å². The molecule has 1 unspecified atom stereocenters. The summed E-state index contributed by atoms with van der Waals surface area (Å²) in [6.07, 6.45) is 0. The molecule has 1 atom stereocenters. The van der Waals surface area contributed by atoms with Crippen molar-refractivity contribution >= 4 is 17.7 Å². The Morgan fingerprint density at radius 1 is 1.33 bits per heavy atom. The van der Waals surface area contributed by atoms with Gasteiger partial charge in [-0.05, 0) is 12.8 Å². The molecule has 1 saturated heterocycles. The van der Waals surface area contributed by atoms with Gasteiger partial charge in [0.15, 0.2) is 0 Å². The summed E-state index contributed by atoms with van der Waals surface area (Å²) in [5, 5.41) is 2.99. The van der Waals surface area contributed by atoms with Crippen LogP contribution in [0, 0.1) is 5.92 Å². The highest BCUT2D eigenvalue weighted by atomic mass is 32.2. The number of hydrogen-bond acceptors (Lipinski definition) is 3. The van der Waals surface area contributed by atoms with E-state index in [1.165, 1.54) is 0 Å².